The zero-order chi connectivity index (χ0) is 24.2. The minimum absolute atomic E-state index is 0.296. The van der Waals surface area contributed by atoms with Crippen LogP contribution in [0.1, 0.15) is 35.8 Å². The number of hydrogen-bond donors (Lipinski definition) is 0. The van der Waals surface area contributed by atoms with Gasteiger partial charge in [-0.3, -0.25) is 0 Å². The van der Waals surface area contributed by atoms with Gasteiger partial charge in [-0.1, -0.05) is 35.9 Å². The molecular weight excluding hydrogens is 432 g/mol. The lowest BCUT2D eigenvalue weighted by Crippen LogP contribution is -2.22. The van der Waals surface area contributed by atoms with Crippen LogP contribution in [0.15, 0.2) is 71.6 Å². The molecule has 0 fully saturated rings. The standard InChI is InChI=1S/C27H34N2O3S/c1-7-29(8-2)23-15-18-25(26(19-23)32-6)27(21-11-13-22(14-12-21)28(4)5)33(30,31)24-16-9-20(3)10-17-24/h9-19,27H,7-8H2,1-6H3. The Bertz CT molecular complexity index is 1170. The molecule has 0 amide bonds. The van der Waals surface area contributed by atoms with Gasteiger partial charge in [0.2, 0.25) is 0 Å². The summed E-state index contributed by atoms with van der Waals surface area (Å²) < 4.78 is 33.7. The van der Waals surface area contributed by atoms with E-state index in [0.29, 0.717) is 21.8 Å². The second-order valence-electron chi connectivity index (χ2n) is 8.32. The first-order valence-corrected chi connectivity index (χ1v) is 12.8. The van der Waals surface area contributed by atoms with Gasteiger partial charge in [-0.2, -0.15) is 0 Å². The lowest BCUT2D eigenvalue weighted by Gasteiger charge is -2.25. The molecule has 0 aliphatic rings. The van der Waals surface area contributed by atoms with Crippen LogP contribution >= 0.6 is 0 Å². The molecule has 0 aliphatic carbocycles. The Balaban J connectivity index is 2.22. The van der Waals surface area contributed by atoms with Crippen molar-refractivity contribution in [2.24, 2.45) is 0 Å². The Labute approximate surface area is 198 Å². The summed E-state index contributed by atoms with van der Waals surface area (Å²) in [6.45, 7) is 7.86. The summed E-state index contributed by atoms with van der Waals surface area (Å²) in [6, 6.07) is 20.5. The van der Waals surface area contributed by atoms with Crippen molar-refractivity contribution in [3.05, 3.63) is 83.4 Å². The normalized spacial score (nSPS) is 12.3. The average molecular weight is 467 g/mol. The van der Waals surface area contributed by atoms with Gasteiger partial charge in [0.15, 0.2) is 9.84 Å². The Kier molecular flexibility index (Phi) is 7.69. The van der Waals surface area contributed by atoms with Crippen LogP contribution in [0.3, 0.4) is 0 Å². The van der Waals surface area contributed by atoms with Crippen LogP contribution in [-0.4, -0.2) is 42.7 Å². The Morgan fingerprint density at radius 1 is 0.848 bits per heavy atom. The van der Waals surface area contributed by atoms with Crippen molar-refractivity contribution < 1.29 is 13.2 Å². The van der Waals surface area contributed by atoms with E-state index in [4.69, 9.17) is 4.74 Å². The minimum Gasteiger partial charge on any atom is -0.496 e. The molecule has 0 N–H and O–H groups in total. The first-order valence-electron chi connectivity index (χ1n) is 11.2. The van der Waals surface area contributed by atoms with Crippen LogP contribution in [0, 0.1) is 6.92 Å². The summed E-state index contributed by atoms with van der Waals surface area (Å²) in [5.41, 5.74) is 4.37. The molecule has 0 radical (unpaired) electrons. The van der Waals surface area contributed by atoms with Gasteiger partial charge in [-0.05, 0) is 56.7 Å². The molecule has 0 aromatic heterocycles. The highest BCUT2D eigenvalue weighted by Crippen LogP contribution is 2.41. The summed E-state index contributed by atoms with van der Waals surface area (Å²) in [7, 11) is 1.78. The predicted molar refractivity (Wildman–Crippen MR) is 138 cm³/mol. The number of rotatable bonds is 9. The van der Waals surface area contributed by atoms with E-state index in [1.165, 1.54) is 0 Å². The molecular formula is C27H34N2O3S. The Hall–Kier alpha value is -2.99. The number of benzene rings is 3. The number of sulfone groups is 1. The third kappa shape index (κ3) is 5.17. The van der Waals surface area contributed by atoms with Gasteiger partial charge in [-0.25, -0.2) is 8.42 Å². The lowest BCUT2D eigenvalue weighted by atomic mass is 10.0. The van der Waals surface area contributed by atoms with E-state index in [1.807, 2.05) is 80.5 Å². The van der Waals surface area contributed by atoms with Gasteiger partial charge in [0.1, 0.15) is 11.0 Å². The van der Waals surface area contributed by atoms with Crippen molar-refractivity contribution in [3.8, 4) is 5.75 Å². The number of nitrogens with zero attached hydrogens (tertiary/aromatic N) is 2. The summed E-state index contributed by atoms with van der Waals surface area (Å²) >= 11 is 0. The minimum atomic E-state index is -3.74. The smallest absolute Gasteiger partial charge is 0.189 e. The Morgan fingerprint density at radius 2 is 1.42 bits per heavy atom. The van der Waals surface area contributed by atoms with E-state index in [0.717, 1.165) is 30.0 Å². The summed E-state index contributed by atoms with van der Waals surface area (Å²) in [4.78, 5) is 4.50. The van der Waals surface area contributed by atoms with Crippen LogP contribution in [-0.2, 0) is 9.84 Å². The molecule has 33 heavy (non-hydrogen) atoms. The molecule has 176 valence electrons. The monoisotopic (exact) mass is 466 g/mol. The Morgan fingerprint density at radius 3 is 1.94 bits per heavy atom. The number of aryl methyl sites for hydroxylation is 1. The van der Waals surface area contributed by atoms with E-state index in [9.17, 15) is 8.42 Å². The first-order chi connectivity index (χ1) is 15.7. The van der Waals surface area contributed by atoms with E-state index in [-0.39, 0.29) is 0 Å². The fraction of sp³-hybridized carbons (Fsp3) is 0.333. The van der Waals surface area contributed by atoms with E-state index in [2.05, 4.69) is 18.7 Å². The summed E-state index contributed by atoms with van der Waals surface area (Å²) in [5, 5.41) is -0.892. The third-order valence-corrected chi connectivity index (χ3v) is 8.08. The van der Waals surface area contributed by atoms with Crippen LogP contribution in [0.25, 0.3) is 0 Å². The number of anilines is 2. The molecule has 3 aromatic carbocycles. The third-order valence-electron chi connectivity index (χ3n) is 6.00. The molecule has 3 aromatic rings. The van der Waals surface area contributed by atoms with Gasteiger partial charge in [0.05, 0.1) is 12.0 Å². The number of methoxy groups -OCH3 is 1. The molecule has 1 atom stereocenters. The zero-order valence-electron chi connectivity index (χ0n) is 20.4. The molecule has 1 unspecified atom stereocenters. The van der Waals surface area contributed by atoms with Gasteiger partial charge in [0, 0.05) is 50.2 Å². The average Bonchev–Trinajstić information content (AvgIpc) is 2.81. The van der Waals surface area contributed by atoms with E-state index < -0.39 is 15.1 Å². The van der Waals surface area contributed by atoms with Crippen molar-refractivity contribution in [1.82, 2.24) is 0 Å². The van der Waals surface area contributed by atoms with Crippen molar-refractivity contribution in [3.63, 3.8) is 0 Å². The van der Waals surface area contributed by atoms with Crippen LogP contribution in [0.4, 0.5) is 11.4 Å². The summed E-state index contributed by atoms with van der Waals surface area (Å²) in [6.07, 6.45) is 0. The van der Waals surface area contributed by atoms with Crippen molar-refractivity contribution in [2.75, 3.05) is 44.1 Å². The molecule has 6 heteroatoms. The van der Waals surface area contributed by atoms with Crippen LogP contribution in [0.5, 0.6) is 5.75 Å². The van der Waals surface area contributed by atoms with E-state index in [1.54, 1.807) is 19.2 Å². The predicted octanol–water partition coefficient (Wildman–Crippen LogP) is 5.48. The van der Waals surface area contributed by atoms with Crippen LogP contribution in [0.2, 0.25) is 0 Å². The molecule has 0 heterocycles. The maximum atomic E-state index is 14.0. The topological polar surface area (TPSA) is 49.9 Å². The second kappa shape index (κ2) is 10.3. The molecule has 3 rings (SSSR count). The largest absolute Gasteiger partial charge is 0.496 e. The fourth-order valence-corrected chi connectivity index (χ4v) is 5.87. The molecule has 5 nitrogen and oxygen atoms in total. The van der Waals surface area contributed by atoms with Gasteiger partial charge >= 0.3 is 0 Å². The maximum absolute atomic E-state index is 14.0. The molecule has 0 bridgehead atoms. The quantitative estimate of drug-likeness (QED) is 0.418. The first kappa shape index (κ1) is 24.6. The zero-order valence-corrected chi connectivity index (χ0v) is 21.2. The van der Waals surface area contributed by atoms with Crippen LogP contribution < -0.4 is 14.5 Å². The molecule has 0 saturated carbocycles. The van der Waals surface area contributed by atoms with Gasteiger partial charge in [-0.15, -0.1) is 0 Å². The number of hydrogen-bond acceptors (Lipinski definition) is 5. The molecule has 0 aliphatic heterocycles. The number of ether oxygens (including phenoxy) is 1. The van der Waals surface area contributed by atoms with Crippen molar-refractivity contribution >= 4 is 21.2 Å². The highest BCUT2D eigenvalue weighted by molar-refractivity contribution is 7.92. The maximum Gasteiger partial charge on any atom is 0.189 e. The summed E-state index contributed by atoms with van der Waals surface area (Å²) in [5.74, 6) is 0.566. The molecule has 0 spiro atoms. The SMILES string of the molecule is CCN(CC)c1ccc(C(c2ccc(N(C)C)cc2)S(=O)(=O)c2ccc(C)cc2)c(OC)c1. The lowest BCUT2D eigenvalue weighted by molar-refractivity contribution is 0.409. The van der Waals surface area contributed by atoms with Gasteiger partial charge < -0.3 is 14.5 Å². The van der Waals surface area contributed by atoms with Gasteiger partial charge in [0.25, 0.3) is 0 Å². The fourth-order valence-electron chi connectivity index (χ4n) is 4.04. The highest BCUT2D eigenvalue weighted by Gasteiger charge is 2.33. The second-order valence-corrected chi connectivity index (χ2v) is 10.4. The van der Waals surface area contributed by atoms with E-state index >= 15 is 0 Å². The van der Waals surface area contributed by atoms with Crippen molar-refractivity contribution in [2.45, 2.75) is 30.9 Å². The molecule has 0 saturated heterocycles. The highest BCUT2D eigenvalue weighted by atomic mass is 32.2. The van der Waals surface area contributed by atoms with Crippen molar-refractivity contribution in [1.29, 1.82) is 0 Å².